The summed E-state index contributed by atoms with van der Waals surface area (Å²) in [5, 5.41) is 3.92. The summed E-state index contributed by atoms with van der Waals surface area (Å²) in [4.78, 5) is 22.9. The number of hydrogen-bond acceptors (Lipinski definition) is 6. The van der Waals surface area contributed by atoms with Crippen LogP contribution in [0.15, 0.2) is 47.6 Å². The predicted octanol–water partition coefficient (Wildman–Crippen LogP) is 1.68. The van der Waals surface area contributed by atoms with Crippen molar-refractivity contribution in [3.8, 4) is 0 Å². The van der Waals surface area contributed by atoms with Crippen molar-refractivity contribution >= 4 is 29.5 Å². The first-order valence-corrected chi connectivity index (χ1v) is 7.16. The number of carbonyl (C=O) groups is 2. The van der Waals surface area contributed by atoms with Gasteiger partial charge in [0.2, 0.25) is 0 Å². The number of benzene rings is 2. The highest BCUT2D eigenvalue weighted by Gasteiger charge is 2.05. The minimum atomic E-state index is -0.392. The first-order valence-electron chi connectivity index (χ1n) is 7.16. The zero-order valence-corrected chi connectivity index (χ0v) is 13.2. The molecular formula is C17H18N4O3. The summed E-state index contributed by atoms with van der Waals surface area (Å²) in [6, 6.07) is 11.6. The van der Waals surface area contributed by atoms with Gasteiger partial charge in [-0.2, -0.15) is 5.10 Å². The molecule has 7 nitrogen and oxygen atoms in total. The van der Waals surface area contributed by atoms with Gasteiger partial charge in [-0.05, 0) is 36.4 Å². The van der Waals surface area contributed by atoms with E-state index in [2.05, 4.69) is 10.5 Å². The number of nitrogens with one attached hydrogen (secondary N) is 1. The molecule has 0 saturated carbocycles. The van der Waals surface area contributed by atoms with E-state index in [1.54, 1.807) is 42.5 Å². The van der Waals surface area contributed by atoms with E-state index in [1.807, 2.05) is 0 Å². The van der Waals surface area contributed by atoms with Crippen LogP contribution in [-0.4, -0.2) is 18.1 Å². The zero-order valence-electron chi connectivity index (χ0n) is 13.2. The van der Waals surface area contributed by atoms with Crippen LogP contribution >= 0.6 is 0 Å². The van der Waals surface area contributed by atoms with Gasteiger partial charge in [0.25, 0.3) is 5.91 Å². The van der Waals surface area contributed by atoms with Crippen LogP contribution in [0.5, 0.6) is 0 Å². The first kappa shape index (κ1) is 17.0. The van der Waals surface area contributed by atoms with Gasteiger partial charge in [-0.3, -0.25) is 9.59 Å². The molecule has 124 valence electrons. The summed E-state index contributed by atoms with van der Waals surface area (Å²) in [6.45, 7) is 1.40. The number of nitrogen functional groups attached to an aromatic ring is 2. The molecule has 24 heavy (non-hydrogen) atoms. The van der Waals surface area contributed by atoms with Crippen LogP contribution in [0, 0.1) is 0 Å². The largest absolute Gasteiger partial charge is 0.461 e. The number of nitrogens with zero attached hydrogens (tertiary/aromatic N) is 1. The molecule has 0 saturated heterocycles. The fraction of sp³-hybridized carbons (Fsp3) is 0.118. The molecule has 0 heterocycles. The molecule has 0 aliphatic carbocycles. The summed E-state index contributed by atoms with van der Waals surface area (Å²) in [7, 11) is 0. The van der Waals surface area contributed by atoms with Crippen molar-refractivity contribution in [3.63, 3.8) is 0 Å². The third kappa shape index (κ3) is 4.84. The number of hydrazone groups is 1. The summed E-state index contributed by atoms with van der Waals surface area (Å²) >= 11 is 0. The second-order valence-electron chi connectivity index (χ2n) is 5.06. The lowest BCUT2D eigenvalue weighted by atomic mass is 10.1. The number of esters is 1. The van der Waals surface area contributed by atoms with Gasteiger partial charge in [-0.15, -0.1) is 0 Å². The Morgan fingerprint density at radius 1 is 1.12 bits per heavy atom. The molecule has 0 atom stereocenters. The molecule has 0 aliphatic rings. The lowest BCUT2D eigenvalue weighted by Gasteiger charge is -2.07. The molecule has 0 aromatic heterocycles. The number of carbonyl (C=O) groups excluding carboxylic acids is 2. The topological polar surface area (TPSA) is 120 Å². The predicted molar refractivity (Wildman–Crippen MR) is 92.2 cm³/mol. The van der Waals surface area contributed by atoms with E-state index in [4.69, 9.17) is 16.2 Å². The average molecular weight is 326 g/mol. The minimum Gasteiger partial charge on any atom is -0.461 e. The Morgan fingerprint density at radius 2 is 1.79 bits per heavy atom. The number of hydrogen-bond donors (Lipinski definition) is 3. The molecule has 5 N–H and O–H groups in total. The molecule has 0 fully saturated rings. The van der Waals surface area contributed by atoms with E-state index in [0.29, 0.717) is 28.1 Å². The Kier molecular flexibility index (Phi) is 5.51. The SMILES string of the molecule is CC(=O)OCc1cc(N)ccc1/C=N/NC(=O)c1ccc(N)cc1. The molecule has 0 spiro atoms. The highest BCUT2D eigenvalue weighted by Crippen LogP contribution is 2.13. The normalized spacial score (nSPS) is 10.5. The maximum absolute atomic E-state index is 11.9. The van der Waals surface area contributed by atoms with Gasteiger partial charge < -0.3 is 16.2 Å². The maximum atomic E-state index is 11.9. The third-order valence-electron chi connectivity index (χ3n) is 3.14. The number of anilines is 2. The fourth-order valence-electron chi connectivity index (χ4n) is 1.92. The van der Waals surface area contributed by atoms with Gasteiger partial charge >= 0.3 is 5.97 Å². The van der Waals surface area contributed by atoms with Crippen molar-refractivity contribution in [2.24, 2.45) is 5.10 Å². The Bertz CT molecular complexity index is 770. The van der Waals surface area contributed by atoms with Gasteiger partial charge in [0.1, 0.15) is 6.61 Å². The Hall–Kier alpha value is -3.35. The second-order valence-corrected chi connectivity index (χ2v) is 5.06. The molecular weight excluding hydrogens is 308 g/mol. The molecule has 1 amide bonds. The monoisotopic (exact) mass is 326 g/mol. The third-order valence-corrected chi connectivity index (χ3v) is 3.14. The summed E-state index contributed by atoms with van der Waals surface area (Å²) in [5.41, 5.74) is 16.7. The van der Waals surface area contributed by atoms with Crippen molar-refractivity contribution in [2.75, 3.05) is 11.5 Å². The van der Waals surface area contributed by atoms with Crippen LogP contribution in [-0.2, 0) is 16.1 Å². The Labute approximate surface area is 139 Å². The van der Waals surface area contributed by atoms with Crippen LogP contribution < -0.4 is 16.9 Å². The van der Waals surface area contributed by atoms with Crippen LogP contribution in [0.2, 0.25) is 0 Å². The van der Waals surface area contributed by atoms with Gasteiger partial charge in [-0.1, -0.05) is 6.07 Å². The quantitative estimate of drug-likeness (QED) is 0.334. The van der Waals surface area contributed by atoms with E-state index in [9.17, 15) is 9.59 Å². The smallest absolute Gasteiger partial charge is 0.302 e. The lowest BCUT2D eigenvalue weighted by Crippen LogP contribution is -2.17. The van der Waals surface area contributed by atoms with Gasteiger partial charge in [-0.25, -0.2) is 5.43 Å². The molecule has 0 unspecified atom stereocenters. The Balaban J connectivity index is 2.06. The van der Waals surface area contributed by atoms with Crippen molar-refractivity contribution in [2.45, 2.75) is 13.5 Å². The van der Waals surface area contributed by atoms with E-state index in [1.165, 1.54) is 13.1 Å². The van der Waals surface area contributed by atoms with E-state index < -0.39 is 5.97 Å². The van der Waals surface area contributed by atoms with E-state index >= 15 is 0 Å². The summed E-state index contributed by atoms with van der Waals surface area (Å²) in [6.07, 6.45) is 1.47. The number of amides is 1. The lowest BCUT2D eigenvalue weighted by molar-refractivity contribution is -0.142. The van der Waals surface area contributed by atoms with Crippen molar-refractivity contribution in [1.82, 2.24) is 5.43 Å². The van der Waals surface area contributed by atoms with Crippen molar-refractivity contribution < 1.29 is 14.3 Å². The molecule has 2 aromatic rings. The van der Waals surface area contributed by atoms with Gasteiger partial charge in [0.15, 0.2) is 0 Å². The molecule has 7 heteroatoms. The first-order chi connectivity index (χ1) is 11.5. The Morgan fingerprint density at radius 3 is 2.46 bits per heavy atom. The minimum absolute atomic E-state index is 0.0770. The number of ether oxygens (including phenoxy) is 1. The summed E-state index contributed by atoms with van der Waals surface area (Å²) < 4.78 is 4.98. The molecule has 0 aliphatic heterocycles. The summed E-state index contributed by atoms with van der Waals surface area (Å²) in [5.74, 6) is -0.750. The van der Waals surface area contributed by atoms with Crippen LogP contribution in [0.1, 0.15) is 28.4 Å². The molecule has 0 radical (unpaired) electrons. The number of nitrogens with two attached hydrogens (primary N) is 2. The molecule has 0 bridgehead atoms. The zero-order chi connectivity index (χ0) is 17.5. The highest BCUT2D eigenvalue weighted by atomic mass is 16.5. The van der Waals surface area contributed by atoms with Gasteiger partial charge in [0, 0.05) is 35.0 Å². The highest BCUT2D eigenvalue weighted by molar-refractivity contribution is 5.95. The fourth-order valence-corrected chi connectivity index (χ4v) is 1.92. The van der Waals surface area contributed by atoms with E-state index in [0.717, 1.165) is 0 Å². The second kappa shape index (κ2) is 7.77. The van der Waals surface area contributed by atoms with Crippen LogP contribution in [0.4, 0.5) is 11.4 Å². The van der Waals surface area contributed by atoms with Gasteiger partial charge in [0.05, 0.1) is 6.21 Å². The van der Waals surface area contributed by atoms with Crippen LogP contribution in [0.25, 0.3) is 0 Å². The molecule has 2 rings (SSSR count). The number of rotatable bonds is 5. The average Bonchev–Trinajstić information content (AvgIpc) is 2.55. The standard InChI is InChI=1S/C17H18N4O3/c1-11(22)24-10-14-8-16(19)7-4-13(14)9-20-21-17(23)12-2-5-15(18)6-3-12/h2-9H,10,18-19H2,1H3,(H,21,23)/b20-9+. The van der Waals surface area contributed by atoms with E-state index in [-0.39, 0.29) is 12.5 Å². The van der Waals surface area contributed by atoms with Crippen molar-refractivity contribution in [1.29, 1.82) is 0 Å². The van der Waals surface area contributed by atoms with Crippen molar-refractivity contribution in [3.05, 3.63) is 59.2 Å². The van der Waals surface area contributed by atoms with Crippen LogP contribution in [0.3, 0.4) is 0 Å². The molecule has 2 aromatic carbocycles. The maximum Gasteiger partial charge on any atom is 0.302 e.